The molecule has 0 bridgehead atoms. The zero-order valence-electron chi connectivity index (χ0n) is 22.8. The summed E-state index contributed by atoms with van der Waals surface area (Å²) in [7, 11) is 0. The van der Waals surface area contributed by atoms with Gasteiger partial charge in [-0.2, -0.15) is 0 Å². The Balaban J connectivity index is 1.72. The lowest BCUT2D eigenvalue weighted by Gasteiger charge is -2.60. The van der Waals surface area contributed by atoms with E-state index < -0.39 is 12.2 Å². The van der Waals surface area contributed by atoms with Crippen LogP contribution < -0.4 is 0 Å². The maximum Gasteiger partial charge on any atom is 0.302 e. The first-order chi connectivity index (χ1) is 16.3. The van der Waals surface area contributed by atoms with Gasteiger partial charge in [0.1, 0.15) is 6.10 Å². The summed E-state index contributed by atoms with van der Waals surface area (Å²) in [6, 6.07) is 0. The lowest BCUT2D eigenvalue weighted by Crippen LogP contribution is -2.60. The van der Waals surface area contributed by atoms with E-state index in [0.29, 0.717) is 24.7 Å². The highest BCUT2D eigenvalue weighted by molar-refractivity contribution is 5.66. The number of aliphatic hydroxyl groups is 3. The van der Waals surface area contributed by atoms with Gasteiger partial charge in [0.05, 0.1) is 18.3 Å². The fourth-order valence-electron chi connectivity index (χ4n) is 8.75. The molecule has 0 radical (unpaired) electrons. The van der Waals surface area contributed by atoms with Gasteiger partial charge in [0.25, 0.3) is 0 Å². The maximum atomic E-state index is 12.1. The molecule has 0 aromatic carbocycles. The van der Waals surface area contributed by atoms with E-state index in [-0.39, 0.29) is 58.6 Å². The molecule has 0 aromatic heterocycles. The molecular formula is C30H48O5. The van der Waals surface area contributed by atoms with Crippen molar-refractivity contribution in [1.82, 2.24) is 0 Å². The molecule has 5 nitrogen and oxygen atoms in total. The number of rotatable bonds is 5. The number of hydrogen-bond acceptors (Lipinski definition) is 5. The second kappa shape index (κ2) is 9.61. The molecule has 12 atom stereocenters. The summed E-state index contributed by atoms with van der Waals surface area (Å²) in [6.45, 7) is 14.9. The number of aliphatic hydroxyl groups excluding tert-OH is 3. The van der Waals surface area contributed by atoms with Gasteiger partial charge in [-0.05, 0) is 78.4 Å². The number of carbonyl (C=O) groups is 1. The van der Waals surface area contributed by atoms with Crippen LogP contribution in [0.4, 0.5) is 0 Å². The van der Waals surface area contributed by atoms with Crippen molar-refractivity contribution in [2.75, 3.05) is 0 Å². The van der Waals surface area contributed by atoms with Crippen LogP contribution in [0.25, 0.3) is 0 Å². The molecule has 0 aliphatic heterocycles. The number of carbonyl (C=O) groups excluding carboxylic acids is 1. The van der Waals surface area contributed by atoms with Crippen molar-refractivity contribution in [3.8, 4) is 0 Å². The highest BCUT2D eigenvalue weighted by Gasteiger charge is 2.66. The van der Waals surface area contributed by atoms with Gasteiger partial charge in [-0.15, -0.1) is 0 Å². The van der Waals surface area contributed by atoms with Crippen LogP contribution in [-0.4, -0.2) is 45.7 Å². The summed E-state index contributed by atoms with van der Waals surface area (Å²) in [5, 5.41) is 33.5. The SMILES string of the molecule is CC(=O)O[C@H]1C[C@H]2[C@H]3[C@H]([C@@H](O)C[C@]2(C)[C@H]1[C@H](C)/C=C/[C@H](C)C(C)C)[C@@]1(C)CC[C@H](O)CC1=C[C@@H]3O. The molecule has 0 spiro atoms. The quantitative estimate of drug-likeness (QED) is 0.379. The van der Waals surface area contributed by atoms with Crippen LogP contribution in [0.15, 0.2) is 23.8 Å². The molecule has 4 aliphatic rings. The molecule has 35 heavy (non-hydrogen) atoms. The highest BCUT2D eigenvalue weighted by Crippen LogP contribution is 2.67. The molecule has 0 unspecified atom stereocenters. The zero-order chi connectivity index (χ0) is 25.9. The topological polar surface area (TPSA) is 87.0 Å². The van der Waals surface area contributed by atoms with Crippen molar-refractivity contribution in [3.63, 3.8) is 0 Å². The van der Waals surface area contributed by atoms with Crippen LogP contribution in [0.2, 0.25) is 0 Å². The standard InChI is InChI=1S/C30H48O5/c1-16(2)17(3)8-9-18(4)27-25(35-19(5)31)14-22-26-23(33)13-20-12-21(32)10-11-29(20,6)28(26)24(34)15-30(22,27)7/h8-9,13,16-18,21-28,32-34H,10-12,14-15H2,1-7H3/b9-8+/t17-,18+,21-,22-,23-,24-,25-,26+,27-,28-,29-,30-/m0/s1. The van der Waals surface area contributed by atoms with Crippen LogP contribution in [0.3, 0.4) is 0 Å². The van der Waals surface area contributed by atoms with E-state index in [1.54, 1.807) is 0 Å². The minimum Gasteiger partial charge on any atom is -0.462 e. The maximum absolute atomic E-state index is 12.1. The Morgan fingerprint density at radius 1 is 1.14 bits per heavy atom. The van der Waals surface area contributed by atoms with E-state index in [4.69, 9.17) is 4.74 Å². The molecule has 0 heterocycles. The third-order valence-electron chi connectivity index (χ3n) is 10.8. The van der Waals surface area contributed by atoms with E-state index in [9.17, 15) is 20.1 Å². The molecule has 0 amide bonds. The van der Waals surface area contributed by atoms with Crippen LogP contribution in [0, 0.1) is 52.3 Å². The average Bonchev–Trinajstić information content (AvgIpc) is 3.03. The lowest BCUT2D eigenvalue weighted by atomic mass is 9.45. The Morgan fingerprint density at radius 2 is 1.83 bits per heavy atom. The van der Waals surface area contributed by atoms with Gasteiger partial charge in [-0.1, -0.05) is 65.3 Å². The Morgan fingerprint density at radius 3 is 2.46 bits per heavy atom. The molecule has 198 valence electrons. The van der Waals surface area contributed by atoms with Crippen molar-refractivity contribution < 1.29 is 24.9 Å². The largest absolute Gasteiger partial charge is 0.462 e. The van der Waals surface area contributed by atoms with Crippen molar-refractivity contribution >= 4 is 5.97 Å². The summed E-state index contributed by atoms with van der Waals surface area (Å²) in [5.74, 6) is 1.05. The van der Waals surface area contributed by atoms with Gasteiger partial charge in [0.2, 0.25) is 0 Å². The summed E-state index contributed by atoms with van der Waals surface area (Å²) < 4.78 is 5.97. The lowest BCUT2D eigenvalue weighted by molar-refractivity contribution is -0.158. The molecule has 3 saturated carbocycles. The van der Waals surface area contributed by atoms with Gasteiger partial charge in [0.15, 0.2) is 0 Å². The number of ether oxygens (including phenoxy) is 1. The first kappa shape index (κ1) is 26.9. The van der Waals surface area contributed by atoms with Crippen molar-refractivity contribution in [1.29, 1.82) is 0 Å². The predicted molar refractivity (Wildman–Crippen MR) is 137 cm³/mol. The van der Waals surface area contributed by atoms with Gasteiger partial charge < -0.3 is 20.1 Å². The van der Waals surface area contributed by atoms with Crippen LogP contribution in [-0.2, 0) is 9.53 Å². The van der Waals surface area contributed by atoms with Crippen LogP contribution >= 0.6 is 0 Å². The van der Waals surface area contributed by atoms with Gasteiger partial charge in [-0.25, -0.2) is 0 Å². The first-order valence-corrected chi connectivity index (χ1v) is 13.9. The third kappa shape index (κ3) is 4.55. The fourth-order valence-corrected chi connectivity index (χ4v) is 8.75. The molecule has 4 aliphatic carbocycles. The Bertz CT molecular complexity index is 863. The predicted octanol–water partition coefficient (Wildman–Crippen LogP) is 4.89. The second-order valence-electron chi connectivity index (χ2n) is 13.2. The van der Waals surface area contributed by atoms with Crippen molar-refractivity contribution in [2.45, 2.75) is 105 Å². The minimum atomic E-state index is -0.656. The molecule has 5 heteroatoms. The second-order valence-corrected chi connectivity index (χ2v) is 13.2. The Hall–Kier alpha value is -1.17. The van der Waals surface area contributed by atoms with E-state index >= 15 is 0 Å². The highest BCUT2D eigenvalue weighted by atomic mass is 16.5. The summed E-state index contributed by atoms with van der Waals surface area (Å²) in [4.78, 5) is 12.1. The fraction of sp³-hybridized carbons (Fsp3) is 0.833. The smallest absolute Gasteiger partial charge is 0.302 e. The molecule has 4 rings (SSSR count). The number of allylic oxidation sites excluding steroid dienone is 2. The molecule has 0 aromatic rings. The molecule has 0 saturated heterocycles. The number of hydrogen-bond donors (Lipinski definition) is 3. The normalized spacial score (nSPS) is 47.0. The number of esters is 1. The molecular weight excluding hydrogens is 440 g/mol. The van der Waals surface area contributed by atoms with Gasteiger partial charge in [0, 0.05) is 12.8 Å². The average molecular weight is 489 g/mol. The summed E-state index contributed by atoms with van der Waals surface area (Å²) in [6.07, 6.45) is 8.31. The third-order valence-corrected chi connectivity index (χ3v) is 10.8. The monoisotopic (exact) mass is 488 g/mol. The van der Waals surface area contributed by atoms with Crippen molar-refractivity contribution in [2.24, 2.45) is 52.3 Å². The van der Waals surface area contributed by atoms with Crippen LogP contribution in [0.5, 0.6) is 0 Å². The number of fused-ring (bicyclic) bond motifs is 5. The Labute approximate surface area is 212 Å². The van der Waals surface area contributed by atoms with E-state index in [0.717, 1.165) is 24.8 Å². The Kier molecular flexibility index (Phi) is 7.38. The molecule has 3 N–H and O–H groups in total. The zero-order valence-corrected chi connectivity index (χ0v) is 22.8. The van der Waals surface area contributed by atoms with Gasteiger partial charge >= 0.3 is 5.97 Å². The van der Waals surface area contributed by atoms with Gasteiger partial charge in [-0.3, -0.25) is 4.79 Å². The van der Waals surface area contributed by atoms with E-state index in [2.05, 4.69) is 53.7 Å². The van der Waals surface area contributed by atoms with E-state index in [1.807, 2.05) is 6.08 Å². The van der Waals surface area contributed by atoms with E-state index in [1.165, 1.54) is 6.92 Å². The summed E-state index contributed by atoms with van der Waals surface area (Å²) >= 11 is 0. The minimum absolute atomic E-state index is 0.0494. The summed E-state index contributed by atoms with van der Waals surface area (Å²) in [5.41, 5.74) is 0.650. The molecule has 3 fully saturated rings. The first-order valence-electron chi connectivity index (χ1n) is 13.9. The van der Waals surface area contributed by atoms with Crippen LogP contribution in [0.1, 0.15) is 80.6 Å². The van der Waals surface area contributed by atoms with Crippen molar-refractivity contribution in [3.05, 3.63) is 23.8 Å².